The Bertz CT molecular complexity index is 1490. The SMILES string of the molecule is CCOc1ccc(S(=O)(=O)c2cn(Cc3ccccc3C)c3ccc(OCC)cc3c2=O)cc1. The Labute approximate surface area is 199 Å². The van der Waals surface area contributed by atoms with Crippen LogP contribution >= 0.6 is 0 Å². The summed E-state index contributed by atoms with van der Waals surface area (Å²) >= 11 is 0. The summed E-state index contributed by atoms with van der Waals surface area (Å²) in [6.07, 6.45) is 1.45. The molecule has 0 aliphatic rings. The second-order valence-electron chi connectivity index (χ2n) is 7.90. The van der Waals surface area contributed by atoms with E-state index in [1.165, 1.54) is 18.3 Å². The number of rotatable bonds is 8. The number of hydrogen-bond acceptors (Lipinski definition) is 5. The van der Waals surface area contributed by atoms with Crippen LogP contribution in [-0.4, -0.2) is 26.2 Å². The zero-order valence-corrected chi connectivity index (χ0v) is 20.3. The van der Waals surface area contributed by atoms with Gasteiger partial charge in [-0.25, -0.2) is 8.42 Å². The third kappa shape index (κ3) is 4.56. The summed E-state index contributed by atoms with van der Waals surface area (Å²) in [4.78, 5) is 13.2. The molecule has 0 saturated heterocycles. The number of sulfone groups is 1. The van der Waals surface area contributed by atoms with Gasteiger partial charge in [-0.15, -0.1) is 0 Å². The molecule has 0 radical (unpaired) electrons. The second kappa shape index (κ2) is 9.73. The minimum atomic E-state index is -4.07. The van der Waals surface area contributed by atoms with Crippen LogP contribution in [0, 0.1) is 6.92 Å². The predicted octanol–water partition coefficient (Wildman–Crippen LogP) is 4.99. The van der Waals surface area contributed by atoms with E-state index in [0.717, 1.165) is 11.1 Å². The molecule has 0 atom stereocenters. The molecule has 4 aromatic rings. The van der Waals surface area contributed by atoms with E-state index in [4.69, 9.17) is 9.47 Å². The van der Waals surface area contributed by atoms with Crippen molar-refractivity contribution in [2.45, 2.75) is 37.1 Å². The minimum absolute atomic E-state index is 0.0378. The number of benzene rings is 3. The molecule has 34 heavy (non-hydrogen) atoms. The molecule has 1 aromatic heterocycles. The number of fused-ring (bicyclic) bond motifs is 1. The van der Waals surface area contributed by atoms with E-state index in [1.807, 2.05) is 49.6 Å². The van der Waals surface area contributed by atoms with Crippen molar-refractivity contribution in [2.75, 3.05) is 13.2 Å². The fraction of sp³-hybridized carbons (Fsp3) is 0.222. The van der Waals surface area contributed by atoms with Crippen molar-refractivity contribution in [1.82, 2.24) is 4.57 Å². The van der Waals surface area contributed by atoms with Gasteiger partial charge >= 0.3 is 0 Å². The first-order valence-corrected chi connectivity index (χ1v) is 12.7. The Kier molecular flexibility index (Phi) is 6.75. The lowest BCUT2D eigenvalue weighted by Gasteiger charge is -2.16. The largest absolute Gasteiger partial charge is 0.494 e. The number of pyridine rings is 1. The van der Waals surface area contributed by atoms with Gasteiger partial charge in [0.25, 0.3) is 0 Å². The number of nitrogens with zero attached hydrogens (tertiary/aromatic N) is 1. The Hall–Kier alpha value is -3.58. The normalized spacial score (nSPS) is 11.5. The van der Waals surface area contributed by atoms with Crippen molar-refractivity contribution in [3.8, 4) is 11.5 Å². The van der Waals surface area contributed by atoms with E-state index < -0.39 is 15.3 Å². The zero-order chi connectivity index (χ0) is 24.3. The van der Waals surface area contributed by atoms with Crippen molar-refractivity contribution in [1.29, 1.82) is 0 Å². The van der Waals surface area contributed by atoms with E-state index >= 15 is 0 Å². The van der Waals surface area contributed by atoms with E-state index in [2.05, 4.69) is 0 Å². The van der Waals surface area contributed by atoms with Crippen molar-refractivity contribution in [3.63, 3.8) is 0 Å². The van der Waals surface area contributed by atoms with Gasteiger partial charge in [-0.3, -0.25) is 4.79 Å². The molecule has 176 valence electrons. The molecule has 0 spiro atoms. The molecule has 0 fully saturated rings. The molecule has 3 aromatic carbocycles. The van der Waals surface area contributed by atoms with Crippen molar-refractivity contribution in [2.24, 2.45) is 0 Å². The number of aryl methyl sites for hydroxylation is 1. The third-order valence-corrected chi connectivity index (χ3v) is 7.43. The maximum Gasteiger partial charge on any atom is 0.211 e. The quantitative estimate of drug-likeness (QED) is 0.357. The van der Waals surface area contributed by atoms with Gasteiger partial charge in [0.2, 0.25) is 15.3 Å². The van der Waals surface area contributed by atoms with Crippen LogP contribution in [0.25, 0.3) is 10.9 Å². The van der Waals surface area contributed by atoms with Crippen molar-refractivity contribution < 1.29 is 17.9 Å². The molecule has 0 aliphatic heterocycles. The van der Waals surface area contributed by atoms with Gasteiger partial charge in [0.15, 0.2) is 0 Å². The van der Waals surface area contributed by atoms with E-state index in [-0.39, 0.29) is 9.79 Å². The summed E-state index contributed by atoms with van der Waals surface area (Å²) in [6.45, 7) is 7.05. The highest BCUT2D eigenvalue weighted by Gasteiger charge is 2.24. The number of ether oxygens (including phenoxy) is 2. The monoisotopic (exact) mass is 477 g/mol. The van der Waals surface area contributed by atoms with Gasteiger partial charge in [0.05, 0.1) is 29.0 Å². The van der Waals surface area contributed by atoms with Gasteiger partial charge in [0, 0.05) is 12.7 Å². The van der Waals surface area contributed by atoms with Crippen LogP contribution in [0.1, 0.15) is 25.0 Å². The molecule has 0 aliphatic carbocycles. The number of hydrogen-bond donors (Lipinski definition) is 0. The predicted molar refractivity (Wildman–Crippen MR) is 133 cm³/mol. The van der Waals surface area contributed by atoms with Crippen LogP contribution in [0.2, 0.25) is 0 Å². The summed E-state index contributed by atoms with van der Waals surface area (Å²) in [5.74, 6) is 1.09. The van der Waals surface area contributed by atoms with E-state index in [1.54, 1.807) is 30.3 Å². The van der Waals surface area contributed by atoms with Crippen LogP contribution in [0.5, 0.6) is 11.5 Å². The van der Waals surface area contributed by atoms with Gasteiger partial charge in [-0.2, -0.15) is 0 Å². The minimum Gasteiger partial charge on any atom is -0.494 e. The lowest BCUT2D eigenvalue weighted by atomic mass is 10.1. The fourth-order valence-electron chi connectivity index (χ4n) is 3.91. The second-order valence-corrected chi connectivity index (χ2v) is 9.81. The van der Waals surface area contributed by atoms with Crippen molar-refractivity contribution >= 4 is 20.7 Å². The lowest BCUT2D eigenvalue weighted by molar-refractivity contribution is 0.340. The van der Waals surface area contributed by atoms with Gasteiger partial charge in [-0.1, -0.05) is 24.3 Å². The Morgan fingerprint density at radius 1 is 0.853 bits per heavy atom. The van der Waals surface area contributed by atoms with Crippen LogP contribution in [0.15, 0.2) is 87.5 Å². The zero-order valence-electron chi connectivity index (χ0n) is 19.4. The maximum atomic E-state index is 13.6. The summed E-state index contributed by atoms with van der Waals surface area (Å²) in [6, 6.07) is 19.2. The molecule has 0 unspecified atom stereocenters. The smallest absolute Gasteiger partial charge is 0.211 e. The average Bonchev–Trinajstić information content (AvgIpc) is 2.83. The van der Waals surface area contributed by atoms with Gasteiger partial charge < -0.3 is 14.0 Å². The standard InChI is InChI=1S/C27H27NO5S/c1-4-32-21-10-13-23(14-11-21)34(30,31)26-18-28(17-20-9-7-6-8-19(20)3)25-15-12-22(33-5-2)16-24(25)27(26)29/h6-16,18H,4-5,17H2,1-3H3. The fourth-order valence-corrected chi connectivity index (χ4v) is 5.28. The number of aromatic nitrogens is 1. The third-order valence-electron chi connectivity index (χ3n) is 5.67. The molecular formula is C27H27NO5S. The van der Waals surface area contributed by atoms with Crippen LogP contribution in [0.4, 0.5) is 0 Å². The molecule has 0 bridgehead atoms. The molecule has 0 saturated carbocycles. The highest BCUT2D eigenvalue weighted by molar-refractivity contribution is 7.91. The summed E-state index contributed by atoms with van der Waals surface area (Å²) < 4.78 is 39.9. The molecule has 0 amide bonds. The average molecular weight is 478 g/mol. The molecule has 4 rings (SSSR count). The molecule has 6 nitrogen and oxygen atoms in total. The molecule has 7 heteroatoms. The molecular weight excluding hydrogens is 450 g/mol. The highest BCUT2D eigenvalue weighted by atomic mass is 32.2. The summed E-state index contributed by atoms with van der Waals surface area (Å²) in [5, 5.41) is 0.298. The topological polar surface area (TPSA) is 74.6 Å². The Morgan fingerprint density at radius 3 is 2.18 bits per heavy atom. The lowest BCUT2D eigenvalue weighted by Crippen LogP contribution is -2.20. The first-order valence-electron chi connectivity index (χ1n) is 11.2. The van der Waals surface area contributed by atoms with Crippen molar-refractivity contribution in [3.05, 3.63) is 94.3 Å². The molecule has 0 N–H and O–H groups in total. The Balaban J connectivity index is 1.92. The first kappa shape index (κ1) is 23.6. The van der Waals surface area contributed by atoms with Crippen LogP contribution in [-0.2, 0) is 16.4 Å². The van der Waals surface area contributed by atoms with Crippen LogP contribution < -0.4 is 14.9 Å². The highest BCUT2D eigenvalue weighted by Crippen LogP contribution is 2.26. The van der Waals surface area contributed by atoms with Gasteiger partial charge in [-0.05, 0) is 74.4 Å². The van der Waals surface area contributed by atoms with E-state index in [9.17, 15) is 13.2 Å². The summed E-state index contributed by atoms with van der Waals surface area (Å²) in [7, 11) is -4.07. The van der Waals surface area contributed by atoms with Gasteiger partial charge in [0.1, 0.15) is 16.4 Å². The Morgan fingerprint density at radius 2 is 1.50 bits per heavy atom. The maximum absolute atomic E-state index is 13.6. The van der Waals surface area contributed by atoms with E-state index in [0.29, 0.717) is 42.2 Å². The molecule has 1 heterocycles. The first-order chi connectivity index (χ1) is 16.3. The van der Waals surface area contributed by atoms with Crippen LogP contribution in [0.3, 0.4) is 0 Å². The summed E-state index contributed by atoms with van der Waals surface area (Å²) in [5.41, 5.74) is 2.20.